The topological polar surface area (TPSA) is 52.5 Å². The van der Waals surface area contributed by atoms with Gasteiger partial charge in [-0.2, -0.15) is 0 Å². The van der Waals surface area contributed by atoms with Gasteiger partial charge in [0.25, 0.3) is 0 Å². The molecular weight excluding hydrogens is 301 g/mol. The van der Waals surface area contributed by atoms with E-state index in [1.807, 2.05) is 13.8 Å². The van der Waals surface area contributed by atoms with Gasteiger partial charge >= 0.3 is 0 Å². The van der Waals surface area contributed by atoms with Crippen molar-refractivity contribution in [3.05, 3.63) is 34.1 Å². The number of rotatable bonds is 6. The normalized spacial score (nSPS) is 13.7. The fraction of sp³-hybridized carbons (Fsp3) is 0.538. The van der Waals surface area contributed by atoms with Crippen LogP contribution in [0.5, 0.6) is 0 Å². The van der Waals surface area contributed by atoms with E-state index < -0.39 is 5.54 Å². The molecule has 102 valence electrons. The third kappa shape index (κ3) is 3.51. The van der Waals surface area contributed by atoms with Gasteiger partial charge in [-0.3, -0.25) is 0 Å². The second-order valence-corrected chi connectivity index (χ2v) is 5.34. The molecule has 1 aromatic carbocycles. The zero-order chi connectivity index (χ0) is 13.8. The molecule has 0 bridgehead atoms. The van der Waals surface area contributed by atoms with Crippen molar-refractivity contribution in [1.82, 2.24) is 5.32 Å². The van der Waals surface area contributed by atoms with E-state index in [1.165, 1.54) is 12.1 Å². The Bertz CT molecular complexity index is 388. The zero-order valence-electron chi connectivity index (χ0n) is 10.6. The first-order valence-corrected chi connectivity index (χ1v) is 6.71. The van der Waals surface area contributed by atoms with Crippen LogP contribution in [0.2, 0.25) is 0 Å². The van der Waals surface area contributed by atoms with Gasteiger partial charge in [-0.05, 0) is 31.0 Å². The summed E-state index contributed by atoms with van der Waals surface area (Å²) in [5.74, 6) is -0.302. The van der Waals surface area contributed by atoms with Gasteiger partial charge in [-0.1, -0.05) is 28.9 Å². The highest BCUT2D eigenvalue weighted by Gasteiger charge is 2.28. The minimum Gasteiger partial charge on any atom is -0.394 e. The Kier molecular flexibility index (Phi) is 5.72. The molecule has 0 aliphatic heterocycles. The van der Waals surface area contributed by atoms with Crippen molar-refractivity contribution in [3.8, 4) is 0 Å². The highest BCUT2D eigenvalue weighted by atomic mass is 79.9. The van der Waals surface area contributed by atoms with E-state index in [4.69, 9.17) is 0 Å². The standard InChI is InChI=1S/C13H19BrFNO2/c1-3-13(7-17,8-18)16-9(2)11-5-4-10(15)6-12(11)14/h4-6,9,16-18H,3,7-8H2,1-2H3. The maximum Gasteiger partial charge on any atom is 0.124 e. The lowest BCUT2D eigenvalue weighted by Gasteiger charge is -2.33. The molecule has 0 fully saturated rings. The van der Waals surface area contributed by atoms with E-state index in [0.717, 1.165) is 5.56 Å². The summed E-state index contributed by atoms with van der Waals surface area (Å²) in [5.41, 5.74) is 0.170. The Morgan fingerprint density at radius 3 is 2.44 bits per heavy atom. The van der Waals surface area contributed by atoms with Crippen LogP contribution in [0.15, 0.2) is 22.7 Å². The van der Waals surface area contributed by atoms with Crippen molar-refractivity contribution in [1.29, 1.82) is 0 Å². The molecule has 0 spiro atoms. The average Bonchev–Trinajstić information content (AvgIpc) is 2.36. The summed E-state index contributed by atoms with van der Waals surface area (Å²) >= 11 is 3.32. The lowest BCUT2D eigenvalue weighted by molar-refractivity contribution is 0.0792. The number of hydrogen-bond donors (Lipinski definition) is 3. The second-order valence-electron chi connectivity index (χ2n) is 4.48. The van der Waals surface area contributed by atoms with Crippen molar-refractivity contribution in [2.24, 2.45) is 0 Å². The third-order valence-electron chi connectivity index (χ3n) is 3.23. The fourth-order valence-electron chi connectivity index (χ4n) is 1.86. The van der Waals surface area contributed by atoms with Crippen LogP contribution in [-0.4, -0.2) is 29.0 Å². The highest BCUT2D eigenvalue weighted by molar-refractivity contribution is 9.10. The van der Waals surface area contributed by atoms with Gasteiger partial charge < -0.3 is 15.5 Å². The lowest BCUT2D eigenvalue weighted by Crippen LogP contribution is -2.52. The minimum atomic E-state index is -0.715. The Balaban J connectivity index is 2.90. The van der Waals surface area contributed by atoms with Gasteiger partial charge in [-0.15, -0.1) is 0 Å². The minimum absolute atomic E-state index is 0.112. The fourth-order valence-corrected chi connectivity index (χ4v) is 2.55. The molecule has 0 aromatic heterocycles. The summed E-state index contributed by atoms with van der Waals surface area (Å²) in [6.45, 7) is 3.51. The number of nitrogens with one attached hydrogen (secondary N) is 1. The second kappa shape index (κ2) is 6.61. The maximum atomic E-state index is 13.0. The molecule has 1 atom stereocenters. The lowest BCUT2D eigenvalue weighted by atomic mass is 9.95. The maximum absolute atomic E-state index is 13.0. The Morgan fingerprint density at radius 2 is 2.00 bits per heavy atom. The number of aliphatic hydroxyl groups is 2. The van der Waals surface area contributed by atoms with Gasteiger partial charge in [-0.25, -0.2) is 4.39 Å². The van der Waals surface area contributed by atoms with Gasteiger partial charge in [0, 0.05) is 10.5 Å². The van der Waals surface area contributed by atoms with Crippen molar-refractivity contribution >= 4 is 15.9 Å². The van der Waals surface area contributed by atoms with Crippen LogP contribution < -0.4 is 5.32 Å². The molecule has 0 radical (unpaired) electrons. The highest BCUT2D eigenvalue weighted by Crippen LogP contribution is 2.26. The van der Waals surface area contributed by atoms with Crippen molar-refractivity contribution < 1.29 is 14.6 Å². The van der Waals surface area contributed by atoms with E-state index in [1.54, 1.807) is 6.07 Å². The van der Waals surface area contributed by atoms with Crippen LogP contribution in [0.3, 0.4) is 0 Å². The third-order valence-corrected chi connectivity index (χ3v) is 3.92. The summed E-state index contributed by atoms with van der Waals surface area (Å²) in [6, 6.07) is 4.37. The summed E-state index contributed by atoms with van der Waals surface area (Å²) in [5, 5.41) is 22.0. The number of aliphatic hydroxyl groups excluding tert-OH is 2. The number of benzene rings is 1. The summed E-state index contributed by atoms with van der Waals surface area (Å²) in [4.78, 5) is 0. The van der Waals surface area contributed by atoms with E-state index in [9.17, 15) is 14.6 Å². The van der Waals surface area contributed by atoms with Gasteiger partial charge in [0.05, 0.1) is 18.8 Å². The molecule has 18 heavy (non-hydrogen) atoms. The summed E-state index contributed by atoms with van der Waals surface area (Å²) in [7, 11) is 0. The molecular formula is C13H19BrFNO2. The summed E-state index contributed by atoms with van der Waals surface area (Å²) < 4.78 is 13.7. The molecule has 0 aliphatic rings. The van der Waals surface area contributed by atoms with Crippen LogP contribution in [0.1, 0.15) is 31.9 Å². The Hall–Kier alpha value is -0.490. The molecule has 0 aliphatic carbocycles. The number of halogens is 2. The predicted molar refractivity (Wildman–Crippen MR) is 72.8 cm³/mol. The Labute approximate surface area is 115 Å². The summed E-state index contributed by atoms with van der Waals surface area (Å²) in [6.07, 6.45) is 0.600. The van der Waals surface area contributed by atoms with Crippen molar-refractivity contribution in [3.63, 3.8) is 0 Å². The molecule has 0 saturated heterocycles. The van der Waals surface area contributed by atoms with Crippen LogP contribution in [0.25, 0.3) is 0 Å². The van der Waals surface area contributed by atoms with Crippen LogP contribution in [0.4, 0.5) is 4.39 Å². The van der Waals surface area contributed by atoms with Crippen LogP contribution >= 0.6 is 15.9 Å². The SMILES string of the molecule is CCC(CO)(CO)NC(C)c1ccc(F)cc1Br. The molecule has 0 heterocycles. The predicted octanol–water partition coefficient (Wildman–Crippen LogP) is 2.37. The van der Waals surface area contributed by atoms with Gasteiger partial charge in [0.1, 0.15) is 5.82 Å². The zero-order valence-corrected chi connectivity index (χ0v) is 12.2. The van der Waals surface area contributed by atoms with Crippen LogP contribution in [0, 0.1) is 5.82 Å². The smallest absolute Gasteiger partial charge is 0.124 e. The first kappa shape index (κ1) is 15.6. The molecule has 0 saturated carbocycles. The quantitative estimate of drug-likeness (QED) is 0.754. The van der Waals surface area contributed by atoms with E-state index >= 15 is 0 Å². The molecule has 5 heteroatoms. The first-order chi connectivity index (χ1) is 8.48. The van der Waals surface area contributed by atoms with Gasteiger partial charge in [0.2, 0.25) is 0 Å². The monoisotopic (exact) mass is 319 g/mol. The average molecular weight is 320 g/mol. The first-order valence-electron chi connectivity index (χ1n) is 5.92. The van der Waals surface area contributed by atoms with Crippen molar-refractivity contribution in [2.45, 2.75) is 31.8 Å². The largest absolute Gasteiger partial charge is 0.394 e. The van der Waals surface area contributed by atoms with E-state index in [-0.39, 0.29) is 25.1 Å². The molecule has 1 rings (SSSR count). The van der Waals surface area contributed by atoms with E-state index in [2.05, 4.69) is 21.2 Å². The van der Waals surface area contributed by atoms with Crippen LogP contribution in [-0.2, 0) is 0 Å². The molecule has 1 unspecified atom stereocenters. The van der Waals surface area contributed by atoms with Crippen molar-refractivity contribution in [2.75, 3.05) is 13.2 Å². The molecule has 1 aromatic rings. The molecule has 3 nitrogen and oxygen atoms in total. The molecule has 0 amide bonds. The van der Waals surface area contributed by atoms with Gasteiger partial charge in [0.15, 0.2) is 0 Å². The molecule has 3 N–H and O–H groups in total. The number of hydrogen-bond acceptors (Lipinski definition) is 3. The Morgan fingerprint density at radius 1 is 1.39 bits per heavy atom. The van der Waals surface area contributed by atoms with E-state index in [0.29, 0.717) is 10.9 Å².